The maximum absolute atomic E-state index is 13.7. The summed E-state index contributed by atoms with van der Waals surface area (Å²) in [6.45, 7) is -1.92. The molecule has 0 aliphatic heterocycles. The van der Waals surface area contributed by atoms with Gasteiger partial charge in [0.25, 0.3) is 0 Å². The second kappa shape index (κ2) is 18.8. The van der Waals surface area contributed by atoms with Gasteiger partial charge in [0.2, 0.25) is 17.7 Å². The Morgan fingerprint density at radius 1 is 0.755 bits per heavy atom. The SMILES string of the molecule is COC(=O)CC(NC(=O)C(C)NC(=O)C(NC(=O)CNC(=O)OCc1ccc(C(F)(F)F)cc1)C(C(F)(F)F)C(F)(F)F)C(=O)COc1ccccc1. The highest BCUT2D eigenvalue weighted by molar-refractivity contribution is 5.96. The maximum Gasteiger partial charge on any atom is 0.416 e. The number of carbonyl (C=O) groups excluding carboxylic acids is 6. The van der Waals surface area contributed by atoms with E-state index in [9.17, 15) is 68.3 Å². The first-order chi connectivity index (χ1) is 24.5. The molecule has 0 radical (unpaired) electrons. The van der Waals surface area contributed by atoms with Gasteiger partial charge in [-0.05, 0) is 36.8 Å². The van der Waals surface area contributed by atoms with Gasteiger partial charge in [0.05, 0.1) is 19.1 Å². The second-order valence-electron chi connectivity index (χ2n) is 10.9. The zero-order valence-electron chi connectivity index (χ0n) is 27.4. The molecule has 292 valence electrons. The third kappa shape index (κ3) is 14.5. The quantitative estimate of drug-likeness (QED) is 0.147. The molecule has 0 saturated heterocycles. The fraction of sp³-hybridized carbons (Fsp3) is 0.419. The molecule has 0 aromatic heterocycles. The van der Waals surface area contributed by atoms with E-state index in [1.165, 1.54) is 17.4 Å². The summed E-state index contributed by atoms with van der Waals surface area (Å²) in [5.74, 6) is -11.6. The lowest BCUT2D eigenvalue weighted by Gasteiger charge is -2.31. The van der Waals surface area contributed by atoms with E-state index in [4.69, 9.17) is 4.74 Å². The molecule has 0 aliphatic carbocycles. The number of ether oxygens (including phenoxy) is 3. The minimum Gasteiger partial charge on any atom is -0.486 e. The fourth-order valence-electron chi connectivity index (χ4n) is 4.16. The maximum atomic E-state index is 13.7. The van der Waals surface area contributed by atoms with Crippen molar-refractivity contribution in [1.29, 1.82) is 0 Å². The van der Waals surface area contributed by atoms with Crippen molar-refractivity contribution >= 4 is 35.6 Å². The minimum atomic E-state index is -6.20. The number of hydrogen-bond acceptors (Lipinski definition) is 9. The van der Waals surface area contributed by atoms with E-state index in [1.54, 1.807) is 28.8 Å². The molecular weight excluding hydrogens is 743 g/mol. The number of Topliss-reactive ketones (excluding diaryl/α,β-unsaturated/α-hetero) is 1. The molecule has 13 nitrogen and oxygen atoms in total. The summed E-state index contributed by atoms with van der Waals surface area (Å²) in [6, 6.07) is 3.77. The van der Waals surface area contributed by atoms with Crippen LogP contribution in [0.15, 0.2) is 54.6 Å². The predicted octanol–water partition coefficient (Wildman–Crippen LogP) is 3.36. The second-order valence-corrected chi connectivity index (χ2v) is 10.9. The lowest BCUT2D eigenvalue weighted by molar-refractivity contribution is -0.289. The molecule has 0 saturated carbocycles. The molecule has 53 heavy (non-hydrogen) atoms. The Labute approximate surface area is 293 Å². The van der Waals surface area contributed by atoms with Crippen molar-refractivity contribution in [3.8, 4) is 5.75 Å². The molecule has 4 amide bonds. The van der Waals surface area contributed by atoms with Gasteiger partial charge >= 0.3 is 30.6 Å². The van der Waals surface area contributed by atoms with Crippen molar-refractivity contribution in [3.05, 3.63) is 65.7 Å². The summed E-state index contributed by atoms with van der Waals surface area (Å²) < 4.78 is 134. The van der Waals surface area contributed by atoms with E-state index in [0.29, 0.717) is 12.1 Å². The van der Waals surface area contributed by atoms with E-state index < -0.39 is 110 Å². The first kappa shape index (κ1) is 43.6. The average Bonchev–Trinajstić information content (AvgIpc) is 3.06. The number of alkyl carbamates (subject to hydrolysis) is 1. The van der Waals surface area contributed by atoms with Crippen LogP contribution in [0.1, 0.15) is 24.5 Å². The average molecular weight is 775 g/mol. The van der Waals surface area contributed by atoms with Gasteiger partial charge in [0.15, 0.2) is 11.7 Å². The normalized spacial score (nSPS) is 13.5. The van der Waals surface area contributed by atoms with E-state index >= 15 is 0 Å². The summed E-state index contributed by atoms with van der Waals surface area (Å²) in [6.07, 6.45) is -19.3. The van der Waals surface area contributed by atoms with Gasteiger partial charge in [-0.25, -0.2) is 4.79 Å². The van der Waals surface area contributed by atoms with Crippen molar-refractivity contribution in [2.24, 2.45) is 5.92 Å². The highest BCUT2D eigenvalue weighted by atomic mass is 19.4. The van der Waals surface area contributed by atoms with Crippen LogP contribution in [0.3, 0.4) is 0 Å². The lowest BCUT2D eigenvalue weighted by atomic mass is 9.96. The van der Waals surface area contributed by atoms with Gasteiger partial charge in [-0.3, -0.25) is 24.0 Å². The monoisotopic (exact) mass is 774 g/mol. The van der Waals surface area contributed by atoms with E-state index in [-0.39, 0.29) is 11.3 Å². The molecule has 0 bridgehead atoms. The highest BCUT2D eigenvalue weighted by Crippen LogP contribution is 2.41. The van der Waals surface area contributed by atoms with Crippen LogP contribution in [0.25, 0.3) is 0 Å². The van der Waals surface area contributed by atoms with Crippen LogP contribution in [-0.4, -0.2) is 86.3 Å². The number of carbonyl (C=O) groups is 6. The smallest absolute Gasteiger partial charge is 0.416 e. The Kier molecular flexibility index (Phi) is 15.4. The van der Waals surface area contributed by atoms with Gasteiger partial charge < -0.3 is 35.5 Å². The Hall–Kier alpha value is -5.57. The molecule has 0 fully saturated rings. The number of nitrogens with one attached hydrogen (secondary N) is 4. The zero-order valence-corrected chi connectivity index (χ0v) is 27.4. The van der Waals surface area contributed by atoms with Crippen LogP contribution >= 0.6 is 0 Å². The van der Waals surface area contributed by atoms with Crippen LogP contribution in [0, 0.1) is 5.92 Å². The Bertz CT molecular complexity index is 1570. The third-order valence-corrected chi connectivity index (χ3v) is 6.86. The molecule has 2 aromatic carbocycles. The first-order valence-electron chi connectivity index (χ1n) is 14.9. The highest BCUT2D eigenvalue weighted by Gasteiger charge is 2.62. The summed E-state index contributed by atoms with van der Waals surface area (Å²) in [4.78, 5) is 74.6. The third-order valence-electron chi connectivity index (χ3n) is 6.86. The molecule has 2 rings (SSSR count). The van der Waals surface area contributed by atoms with Crippen molar-refractivity contribution < 1.29 is 82.5 Å². The van der Waals surface area contributed by atoms with E-state index in [2.05, 4.69) is 9.47 Å². The lowest BCUT2D eigenvalue weighted by Crippen LogP contribution is -2.62. The number of methoxy groups -OCH3 is 1. The molecule has 0 heterocycles. The fourth-order valence-corrected chi connectivity index (χ4v) is 4.16. The van der Waals surface area contributed by atoms with Crippen LogP contribution in [0.5, 0.6) is 5.75 Å². The summed E-state index contributed by atoms with van der Waals surface area (Å²) in [5, 5.41) is 6.53. The van der Waals surface area contributed by atoms with E-state index in [0.717, 1.165) is 26.2 Å². The van der Waals surface area contributed by atoms with Crippen molar-refractivity contribution in [2.75, 3.05) is 20.3 Å². The largest absolute Gasteiger partial charge is 0.486 e. The molecule has 0 aliphatic rings. The molecule has 3 unspecified atom stereocenters. The van der Waals surface area contributed by atoms with Gasteiger partial charge in [0, 0.05) is 0 Å². The molecule has 0 spiro atoms. The van der Waals surface area contributed by atoms with E-state index in [1.807, 2.05) is 5.32 Å². The number of ketones is 1. The number of amides is 4. The van der Waals surface area contributed by atoms with Gasteiger partial charge in [0.1, 0.15) is 43.6 Å². The standard InChI is InChI=1S/C31H31F9N4O9/c1-16(26(48)43-20(12-23(47)51-2)21(45)15-52-19-6-4-3-5-7-19)42-27(49)24(25(30(35,36)37)31(38,39)40)44-22(46)13-41-28(50)53-14-17-8-10-18(11-9-17)29(32,33)34/h3-11,16,20,24-25H,12-15H2,1-2H3,(H,41,50)(H,42,49)(H,43,48)(H,44,46). The van der Waals surface area contributed by atoms with Crippen LogP contribution in [0.2, 0.25) is 0 Å². The van der Waals surface area contributed by atoms with Crippen LogP contribution in [0.4, 0.5) is 44.3 Å². The number of hydrogen-bond donors (Lipinski definition) is 4. The Morgan fingerprint density at radius 2 is 1.34 bits per heavy atom. The first-order valence-corrected chi connectivity index (χ1v) is 14.9. The van der Waals surface area contributed by atoms with Gasteiger partial charge in [-0.15, -0.1) is 0 Å². The number of alkyl halides is 9. The number of esters is 1. The van der Waals surface area contributed by atoms with Crippen molar-refractivity contribution in [3.63, 3.8) is 0 Å². The number of halogens is 9. The molecule has 22 heteroatoms. The van der Waals surface area contributed by atoms with Crippen molar-refractivity contribution in [2.45, 2.75) is 56.6 Å². The minimum absolute atomic E-state index is 0.0344. The summed E-state index contributed by atoms with van der Waals surface area (Å²) in [5.41, 5.74) is -0.985. The van der Waals surface area contributed by atoms with Crippen molar-refractivity contribution in [1.82, 2.24) is 21.3 Å². The topological polar surface area (TPSA) is 178 Å². The number of rotatable bonds is 16. The zero-order chi connectivity index (χ0) is 40.1. The van der Waals surface area contributed by atoms with Gasteiger partial charge in [-0.1, -0.05) is 30.3 Å². The van der Waals surface area contributed by atoms with Crippen LogP contribution in [-0.2, 0) is 46.2 Å². The molecule has 3 atom stereocenters. The molecule has 2 aromatic rings. The number of benzene rings is 2. The number of para-hydroxylation sites is 1. The summed E-state index contributed by atoms with van der Waals surface area (Å²) >= 11 is 0. The Morgan fingerprint density at radius 3 is 1.87 bits per heavy atom. The predicted molar refractivity (Wildman–Crippen MR) is 160 cm³/mol. The molecule has 4 N–H and O–H groups in total. The van der Waals surface area contributed by atoms with Gasteiger partial charge in [-0.2, -0.15) is 39.5 Å². The van der Waals surface area contributed by atoms with Crippen LogP contribution < -0.4 is 26.0 Å². The molecular formula is C31H31F9N4O9. The summed E-state index contributed by atoms with van der Waals surface area (Å²) in [7, 11) is 0.947. The Balaban J connectivity index is 2.13.